The molecular formula is C18H18Cl2N2O2. The third-order valence-electron chi connectivity index (χ3n) is 3.56. The van der Waals surface area contributed by atoms with Gasteiger partial charge in [0.15, 0.2) is 0 Å². The predicted octanol–water partition coefficient (Wildman–Crippen LogP) is 4.89. The fourth-order valence-electron chi connectivity index (χ4n) is 2.34. The van der Waals surface area contributed by atoms with Crippen LogP contribution in [0.25, 0.3) is 0 Å². The molecule has 0 saturated heterocycles. The minimum absolute atomic E-state index is 0.310. The highest BCUT2D eigenvalue weighted by Crippen LogP contribution is 2.27. The van der Waals surface area contributed by atoms with E-state index < -0.39 is 11.8 Å². The Labute approximate surface area is 151 Å². The smallest absolute Gasteiger partial charge is 0.233 e. The Balaban J connectivity index is 2.02. The van der Waals surface area contributed by atoms with Crippen molar-refractivity contribution in [3.8, 4) is 0 Å². The quantitative estimate of drug-likeness (QED) is 0.759. The molecule has 0 radical (unpaired) electrons. The molecule has 0 heterocycles. The number of anilines is 2. The Morgan fingerprint density at radius 3 is 2.29 bits per heavy atom. The zero-order valence-electron chi connectivity index (χ0n) is 13.7. The van der Waals surface area contributed by atoms with Gasteiger partial charge in [0.05, 0.1) is 10.7 Å². The standard InChI is InChI=1S/C18H18Cl2N2O2/c1-10-7-11(2)18(14(20)8-10)22-17(24)9-16(23)21-15-6-4-5-13(19)12(15)3/h4-8H,9H2,1-3H3,(H,21,23)(H,22,24). The van der Waals surface area contributed by atoms with E-state index in [1.807, 2.05) is 19.9 Å². The van der Waals surface area contributed by atoms with Crippen LogP contribution in [-0.4, -0.2) is 11.8 Å². The molecule has 0 unspecified atom stereocenters. The van der Waals surface area contributed by atoms with Crippen molar-refractivity contribution >= 4 is 46.4 Å². The van der Waals surface area contributed by atoms with E-state index in [4.69, 9.17) is 23.2 Å². The van der Waals surface area contributed by atoms with E-state index in [1.54, 1.807) is 31.2 Å². The highest BCUT2D eigenvalue weighted by atomic mass is 35.5. The molecule has 0 saturated carbocycles. The number of amides is 2. The molecule has 2 rings (SSSR count). The molecule has 2 aromatic carbocycles. The maximum absolute atomic E-state index is 12.1. The first-order valence-corrected chi connectivity index (χ1v) is 8.15. The summed E-state index contributed by atoms with van der Waals surface area (Å²) in [4.78, 5) is 24.2. The maximum atomic E-state index is 12.1. The van der Waals surface area contributed by atoms with Gasteiger partial charge in [-0.05, 0) is 55.7 Å². The highest BCUT2D eigenvalue weighted by Gasteiger charge is 2.14. The van der Waals surface area contributed by atoms with Gasteiger partial charge in [0.25, 0.3) is 0 Å². The van der Waals surface area contributed by atoms with Gasteiger partial charge in [0.2, 0.25) is 11.8 Å². The first kappa shape index (κ1) is 18.3. The molecule has 0 fully saturated rings. The third kappa shape index (κ3) is 4.49. The van der Waals surface area contributed by atoms with Crippen LogP contribution in [-0.2, 0) is 9.59 Å². The molecule has 0 bridgehead atoms. The molecule has 0 spiro atoms. The molecule has 2 N–H and O–H groups in total. The van der Waals surface area contributed by atoms with Crippen molar-refractivity contribution in [3.63, 3.8) is 0 Å². The van der Waals surface area contributed by atoms with E-state index in [2.05, 4.69) is 10.6 Å². The summed E-state index contributed by atoms with van der Waals surface area (Å²) in [5.41, 5.74) is 3.72. The van der Waals surface area contributed by atoms with Gasteiger partial charge in [-0.25, -0.2) is 0 Å². The molecule has 0 aromatic heterocycles. The molecular weight excluding hydrogens is 347 g/mol. The van der Waals surface area contributed by atoms with Crippen LogP contribution >= 0.6 is 23.2 Å². The van der Waals surface area contributed by atoms with Gasteiger partial charge in [-0.15, -0.1) is 0 Å². The van der Waals surface area contributed by atoms with Gasteiger partial charge in [-0.1, -0.05) is 35.3 Å². The number of benzene rings is 2. The van der Waals surface area contributed by atoms with Crippen molar-refractivity contribution in [1.29, 1.82) is 0 Å². The summed E-state index contributed by atoms with van der Waals surface area (Å²) in [6, 6.07) is 8.89. The van der Waals surface area contributed by atoms with Gasteiger partial charge < -0.3 is 10.6 Å². The number of carbonyl (C=O) groups is 2. The zero-order valence-corrected chi connectivity index (χ0v) is 15.2. The molecule has 24 heavy (non-hydrogen) atoms. The average Bonchev–Trinajstić information content (AvgIpc) is 2.47. The number of hydrogen-bond donors (Lipinski definition) is 2. The van der Waals surface area contributed by atoms with E-state index in [-0.39, 0.29) is 6.42 Å². The topological polar surface area (TPSA) is 58.2 Å². The maximum Gasteiger partial charge on any atom is 0.233 e. The number of hydrogen-bond acceptors (Lipinski definition) is 2. The fourth-order valence-corrected chi connectivity index (χ4v) is 2.88. The van der Waals surface area contributed by atoms with E-state index >= 15 is 0 Å². The predicted molar refractivity (Wildman–Crippen MR) is 99.0 cm³/mol. The molecule has 2 amide bonds. The Kier molecular flexibility index (Phi) is 5.86. The fraction of sp³-hybridized carbons (Fsp3) is 0.222. The first-order chi connectivity index (χ1) is 11.3. The Morgan fingerprint density at radius 1 is 0.958 bits per heavy atom. The summed E-state index contributed by atoms with van der Waals surface area (Å²) in [5.74, 6) is -0.847. The number of aryl methyl sites for hydroxylation is 2. The summed E-state index contributed by atoms with van der Waals surface area (Å²) in [7, 11) is 0. The second kappa shape index (κ2) is 7.69. The molecule has 0 atom stereocenters. The Bertz CT molecular complexity index is 781. The second-order valence-corrected chi connectivity index (χ2v) is 6.44. The van der Waals surface area contributed by atoms with Crippen LogP contribution in [0.3, 0.4) is 0 Å². The van der Waals surface area contributed by atoms with Crippen molar-refractivity contribution in [3.05, 3.63) is 57.1 Å². The normalized spacial score (nSPS) is 10.4. The van der Waals surface area contributed by atoms with Crippen LogP contribution < -0.4 is 10.6 Å². The molecule has 0 aliphatic rings. The molecule has 0 aliphatic carbocycles. The van der Waals surface area contributed by atoms with Crippen LogP contribution in [0, 0.1) is 20.8 Å². The van der Waals surface area contributed by atoms with Crippen LogP contribution in [0.4, 0.5) is 11.4 Å². The minimum atomic E-state index is -0.430. The van der Waals surface area contributed by atoms with Crippen LogP contribution in [0.1, 0.15) is 23.1 Å². The number of carbonyl (C=O) groups excluding carboxylic acids is 2. The van der Waals surface area contributed by atoms with Gasteiger partial charge in [-0.3, -0.25) is 9.59 Å². The van der Waals surface area contributed by atoms with Crippen molar-refractivity contribution < 1.29 is 9.59 Å². The lowest BCUT2D eigenvalue weighted by atomic mass is 10.1. The summed E-state index contributed by atoms with van der Waals surface area (Å²) in [6.45, 7) is 5.57. The monoisotopic (exact) mass is 364 g/mol. The van der Waals surface area contributed by atoms with Crippen molar-refractivity contribution in [2.75, 3.05) is 10.6 Å². The van der Waals surface area contributed by atoms with E-state index in [0.29, 0.717) is 21.4 Å². The summed E-state index contributed by atoms with van der Waals surface area (Å²) in [5, 5.41) is 6.39. The van der Waals surface area contributed by atoms with Crippen LogP contribution in [0.15, 0.2) is 30.3 Å². The van der Waals surface area contributed by atoms with Gasteiger partial charge in [0, 0.05) is 10.7 Å². The lowest BCUT2D eigenvalue weighted by Crippen LogP contribution is -2.22. The van der Waals surface area contributed by atoms with Gasteiger partial charge in [0.1, 0.15) is 6.42 Å². The number of nitrogens with one attached hydrogen (secondary N) is 2. The molecule has 4 nitrogen and oxygen atoms in total. The van der Waals surface area contributed by atoms with Crippen LogP contribution in [0.5, 0.6) is 0 Å². The summed E-state index contributed by atoms with van der Waals surface area (Å²) >= 11 is 12.2. The van der Waals surface area contributed by atoms with E-state index in [9.17, 15) is 9.59 Å². The van der Waals surface area contributed by atoms with E-state index in [1.165, 1.54) is 0 Å². The summed E-state index contributed by atoms with van der Waals surface area (Å²) in [6.07, 6.45) is -0.310. The largest absolute Gasteiger partial charge is 0.325 e. The lowest BCUT2D eigenvalue weighted by molar-refractivity contribution is -0.123. The summed E-state index contributed by atoms with van der Waals surface area (Å²) < 4.78 is 0. The van der Waals surface area contributed by atoms with Crippen molar-refractivity contribution in [2.45, 2.75) is 27.2 Å². The SMILES string of the molecule is Cc1cc(C)c(NC(=O)CC(=O)Nc2cccc(Cl)c2C)c(Cl)c1. The Morgan fingerprint density at radius 2 is 1.62 bits per heavy atom. The molecule has 126 valence electrons. The minimum Gasteiger partial charge on any atom is -0.325 e. The molecule has 6 heteroatoms. The lowest BCUT2D eigenvalue weighted by Gasteiger charge is -2.12. The van der Waals surface area contributed by atoms with Crippen molar-refractivity contribution in [2.24, 2.45) is 0 Å². The Hall–Kier alpha value is -2.04. The zero-order chi connectivity index (χ0) is 17.9. The van der Waals surface area contributed by atoms with Crippen molar-refractivity contribution in [1.82, 2.24) is 0 Å². The number of halogens is 2. The highest BCUT2D eigenvalue weighted by molar-refractivity contribution is 6.34. The number of rotatable bonds is 4. The first-order valence-electron chi connectivity index (χ1n) is 7.39. The van der Waals surface area contributed by atoms with Gasteiger partial charge >= 0.3 is 0 Å². The van der Waals surface area contributed by atoms with E-state index in [0.717, 1.165) is 16.7 Å². The van der Waals surface area contributed by atoms with Gasteiger partial charge in [-0.2, -0.15) is 0 Å². The van der Waals surface area contributed by atoms with Crippen LogP contribution in [0.2, 0.25) is 10.0 Å². The average molecular weight is 365 g/mol. The molecule has 2 aromatic rings. The second-order valence-electron chi connectivity index (χ2n) is 5.62. The third-order valence-corrected chi connectivity index (χ3v) is 4.27. The molecule has 0 aliphatic heterocycles.